The molecule has 3 N–H and O–H groups in total. The molecule has 0 aliphatic carbocycles. The van der Waals surface area contributed by atoms with Crippen molar-refractivity contribution in [1.82, 2.24) is 20.6 Å². The molecule has 0 aromatic carbocycles. The molecule has 2 aromatic rings. The van der Waals surface area contributed by atoms with E-state index in [1.807, 2.05) is 0 Å². The smallest absolute Gasteiger partial charge is 0.326 e. The van der Waals surface area contributed by atoms with Crippen LogP contribution >= 0.6 is 0 Å². The molecule has 2 aromatic heterocycles. The van der Waals surface area contributed by atoms with Crippen LogP contribution in [-0.2, 0) is 4.79 Å². The van der Waals surface area contributed by atoms with Crippen molar-refractivity contribution in [2.75, 3.05) is 6.54 Å². The Hall–Kier alpha value is -3.29. The summed E-state index contributed by atoms with van der Waals surface area (Å²) < 4.78 is 0. The van der Waals surface area contributed by atoms with Gasteiger partial charge >= 0.3 is 5.97 Å². The monoisotopic (exact) mass is 356 g/mol. The molecule has 136 valence electrons. The second-order valence-electron chi connectivity index (χ2n) is 5.55. The van der Waals surface area contributed by atoms with Gasteiger partial charge in [0.15, 0.2) is 0 Å². The standard InChI is InChI=1S/C18H20N4O4/c23-16(13-7-1-4-10-19-13)21-12-6-3-9-15(18(25)26)22-17(24)14-8-2-5-11-20-14/h1-2,4-5,7-8,10-11,15H,3,6,9,12H2,(H,21,23)(H,22,24)(H,25,26)/t15-/m1/s1. The van der Waals surface area contributed by atoms with Crippen LogP contribution in [0.15, 0.2) is 48.8 Å². The summed E-state index contributed by atoms with van der Waals surface area (Å²) in [6, 6.07) is 8.90. The Kier molecular flexibility index (Phi) is 7.23. The molecule has 0 aliphatic rings. The topological polar surface area (TPSA) is 121 Å². The SMILES string of the molecule is O=C(NCCCC[C@@H](NC(=O)c1ccccn1)C(=O)O)c1ccccn1. The van der Waals surface area contributed by atoms with Gasteiger partial charge in [-0.25, -0.2) is 4.79 Å². The van der Waals surface area contributed by atoms with Crippen LogP contribution in [0, 0.1) is 0 Å². The van der Waals surface area contributed by atoms with E-state index in [0.29, 0.717) is 25.1 Å². The number of pyridine rings is 2. The third-order valence-electron chi connectivity index (χ3n) is 3.60. The van der Waals surface area contributed by atoms with Crippen LogP contribution in [0.2, 0.25) is 0 Å². The highest BCUT2D eigenvalue weighted by molar-refractivity contribution is 5.94. The van der Waals surface area contributed by atoms with E-state index in [-0.39, 0.29) is 18.0 Å². The van der Waals surface area contributed by atoms with Crippen LogP contribution in [-0.4, -0.2) is 45.4 Å². The van der Waals surface area contributed by atoms with Crippen molar-refractivity contribution in [1.29, 1.82) is 0 Å². The number of amides is 2. The fourth-order valence-corrected chi connectivity index (χ4v) is 2.25. The molecule has 26 heavy (non-hydrogen) atoms. The summed E-state index contributed by atoms with van der Waals surface area (Å²) in [6.07, 6.45) is 4.38. The van der Waals surface area contributed by atoms with E-state index in [4.69, 9.17) is 0 Å². The van der Waals surface area contributed by atoms with Gasteiger partial charge in [0, 0.05) is 18.9 Å². The molecule has 0 radical (unpaired) electrons. The first kappa shape index (κ1) is 19.0. The maximum absolute atomic E-state index is 12.0. The van der Waals surface area contributed by atoms with Crippen molar-refractivity contribution in [3.05, 3.63) is 60.2 Å². The summed E-state index contributed by atoms with van der Waals surface area (Å²) in [6.45, 7) is 0.399. The summed E-state index contributed by atoms with van der Waals surface area (Å²) in [5.41, 5.74) is 0.500. The van der Waals surface area contributed by atoms with E-state index in [2.05, 4.69) is 20.6 Å². The Morgan fingerprint density at radius 1 is 0.923 bits per heavy atom. The second kappa shape index (κ2) is 9.87. The zero-order valence-corrected chi connectivity index (χ0v) is 14.1. The summed E-state index contributed by atoms with van der Waals surface area (Å²) in [5, 5.41) is 14.4. The molecule has 0 aliphatic heterocycles. The van der Waals surface area contributed by atoms with Crippen LogP contribution in [0.25, 0.3) is 0 Å². The van der Waals surface area contributed by atoms with Gasteiger partial charge in [0.25, 0.3) is 11.8 Å². The Bertz CT molecular complexity index is 737. The largest absolute Gasteiger partial charge is 0.480 e. The number of aliphatic carboxylic acids is 1. The number of aromatic nitrogens is 2. The Labute approximate surface area is 150 Å². The van der Waals surface area contributed by atoms with Crippen molar-refractivity contribution in [2.24, 2.45) is 0 Å². The molecule has 1 atom stereocenters. The Balaban J connectivity index is 1.72. The lowest BCUT2D eigenvalue weighted by Gasteiger charge is -2.14. The van der Waals surface area contributed by atoms with Crippen molar-refractivity contribution in [2.45, 2.75) is 25.3 Å². The number of carboxylic acid groups (broad SMARTS) is 1. The second-order valence-corrected chi connectivity index (χ2v) is 5.55. The molecule has 2 amide bonds. The normalized spacial score (nSPS) is 11.4. The number of hydrogen-bond acceptors (Lipinski definition) is 5. The van der Waals surface area contributed by atoms with Crippen molar-refractivity contribution >= 4 is 17.8 Å². The van der Waals surface area contributed by atoms with Crippen LogP contribution in [0.3, 0.4) is 0 Å². The first-order chi connectivity index (χ1) is 12.6. The Morgan fingerprint density at radius 3 is 2.08 bits per heavy atom. The maximum Gasteiger partial charge on any atom is 0.326 e. The van der Waals surface area contributed by atoms with Crippen molar-refractivity contribution in [3.63, 3.8) is 0 Å². The zero-order chi connectivity index (χ0) is 18.8. The van der Waals surface area contributed by atoms with Crippen molar-refractivity contribution < 1.29 is 19.5 Å². The van der Waals surface area contributed by atoms with Crippen LogP contribution in [0.5, 0.6) is 0 Å². The number of carbonyl (C=O) groups excluding carboxylic acids is 2. The van der Waals surface area contributed by atoms with Gasteiger partial charge in [-0.3, -0.25) is 19.6 Å². The third kappa shape index (κ3) is 5.97. The highest BCUT2D eigenvalue weighted by Crippen LogP contribution is 2.03. The average Bonchev–Trinajstić information content (AvgIpc) is 2.67. The summed E-state index contributed by atoms with van der Waals surface area (Å²) in [5.74, 6) is -1.91. The molecular formula is C18H20N4O4. The summed E-state index contributed by atoms with van der Waals surface area (Å²) in [7, 11) is 0. The molecule has 0 fully saturated rings. The molecule has 8 heteroatoms. The van der Waals surface area contributed by atoms with Gasteiger partial charge in [-0.15, -0.1) is 0 Å². The maximum atomic E-state index is 12.0. The first-order valence-electron chi connectivity index (χ1n) is 8.22. The van der Waals surface area contributed by atoms with Gasteiger partial charge < -0.3 is 15.7 Å². The van der Waals surface area contributed by atoms with Gasteiger partial charge in [-0.1, -0.05) is 12.1 Å². The van der Waals surface area contributed by atoms with E-state index in [9.17, 15) is 19.5 Å². The minimum atomic E-state index is -1.10. The van der Waals surface area contributed by atoms with Gasteiger partial charge in [0.1, 0.15) is 17.4 Å². The van der Waals surface area contributed by atoms with E-state index >= 15 is 0 Å². The molecule has 0 bridgehead atoms. The average molecular weight is 356 g/mol. The number of nitrogens with one attached hydrogen (secondary N) is 2. The molecule has 0 unspecified atom stereocenters. The number of unbranched alkanes of at least 4 members (excludes halogenated alkanes) is 1. The quantitative estimate of drug-likeness (QED) is 0.582. The number of carbonyl (C=O) groups is 3. The molecular weight excluding hydrogens is 336 g/mol. The number of rotatable bonds is 9. The van der Waals surface area contributed by atoms with Gasteiger partial charge in [-0.05, 0) is 43.5 Å². The highest BCUT2D eigenvalue weighted by atomic mass is 16.4. The summed E-state index contributed by atoms with van der Waals surface area (Å²) in [4.78, 5) is 43.0. The Morgan fingerprint density at radius 2 is 1.54 bits per heavy atom. The highest BCUT2D eigenvalue weighted by Gasteiger charge is 2.20. The molecule has 2 rings (SSSR count). The predicted octanol–water partition coefficient (Wildman–Crippen LogP) is 1.26. The molecule has 0 saturated heterocycles. The van der Waals surface area contributed by atoms with Crippen LogP contribution < -0.4 is 10.6 Å². The minimum Gasteiger partial charge on any atom is -0.480 e. The lowest BCUT2D eigenvalue weighted by molar-refractivity contribution is -0.139. The van der Waals surface area contributed by atoms with E-state index < -0.39 is 17.9 Å². The van der Waals surface area contributed by atoms with E-state index in [1.165, 1.54) is 18.5 Å². The molecule has 2 heterocycles. The summed E-state index contributed by atoms with van der Waals surface area (Å²) >= 11 is 0. The van der Waals surface area contributed by atoms with Crippen LogP contribution in [0.4, 0.5) is 0 Å². The molecule has 0 saturated carbocycles. The number of hydrogen-bond donors (Lipinski definition) is 3. The predicted molar refractivity (Wildman–Crippen MR) is 93.5 cm³/mol. The minimum absolute atomic E-state index is 0.168. The van der Waals surface area contributed by atoms with Crippen molar-refractivity contribution in [3.8, 4) is 0 Å². The first-order valence-corrected chi connectivity index (χ1v) is 8.22. The molecule has 8 nitrogen and oxygen atoms in total. The van der Waals surface area contributed by atoms with Crippen LogP contribution in [0.1, 0.15) is 40.2 Å². The lowest BCUT2D eigenvalue weighted by Crippen LogP contribution is -2.41. The van der Waals surface area contributed by atoms with E-state index in [0.717, 1.165) is 0 Å². The number of nitrogens with zero attached hydrogens (tertiary/aromatic N) is 2. The van der Waals surface area contributed by atoms with Gasteiger partial charge in [0.05, 0.1) is 0 Å². The van der Waals surface area contributed by atoms with Gasteiger partial charge in [-0.2, -0.15) is 0 Å². The number of carboxylic acids is 1. The fraction of sp³-hybridized carbons (Fsp3) is 0.278. The third-order valence-corrected chi connectivity index (χ3v) is 3.60. The van der Waals surface area contributed by atoms with E-state index in [1.54, 1.807) is 30.3 Å². The molecule has 0 spiro atoms. The fourth-order valence-electron chi connectivity index (χ4n) is 2.25. The van der Waals surface area contributed by atoms with Gasteiger partial charge in [0.2, 0.25) is 0 Å². The zero-order valence-electron chi connectivity index (χ0n) is 14.1. The lowest BCUT2D eigenvalue weighted by atomic mass is 10.1.